The van der Waals surface area contributed by atoms with Crippen LogP contribution in [0.1, 0.15) is 24.0 Å². The predicted molar refractivity (Wildman–Crippen MR) is 116 cm³/mol. The van der Waals surface area contributed by atoms with E-state index in [4.69, 9.17) is 4.74 Å². The Bertz CT molecular complexity index is 1410. The van der Waals surface area contributed by atoms with Crippen molar-refractivity contribution < 1.29 is 4.74 Å². The Hall–Kier alpha value is -3.26. The van der Waals surface area contributed by atoms with Gasteiger partial charge in [0.2, 0.25) is 0 Å². The third-order valence-corrected chi connectivity index (χ3v) is 6.19. The van der Waals surface area contributed by atoms with Crippen LogP contribution in [0.25, 0.3) is 32.9 Å². The highest BCUT2D eigenvalue weighted by molar-refractivity contribution is 6.01. The highest BCUT2D eigenvalue weighted by Crippen LogP contribution is 2.37. The van der Waals surface area contributed by atoms with Crippen LogP contribution in [0.2, 0.25) is 0 Å². The van der Waals surface area contributed by atoms with Crippen molar-refractivity contribution in [2.24, 2.45) is 0 Å². The number of hydrogen-bond acceptors (Lipinski definition) is 1. The molecule has 5 aromatic rings. The molecule has 28 heavy (non-hydrogen) atoms. The summed E-state index contributed by atoms with van der Waals surface area (Å²) in [5.41, 5.74) is 7.99. The summed E-state index contributed by atoms with van der Waals surface area (Å²) >= 11 is 0. The Balaban J connectivity index is 1.89. The van der Waals surface area contributed by atoms with Crippen molar-refractivity contribution in [2.75, 3.05) is 7.11 Å². The first-order valence-corrected chi connectivity index (χ1v) is 9.97. The average molecular weight is 363 g/mol. The van der Waals surface area contributed by atoms with Gasteiger partial charge in [0.15, 0.2) is 0 Å². The van der Waals surface area contributed by atoms with Gasteiger partial charge in [-0.3, -0.25) is 0 Å². The zero-order chi connectivity index (χ0) is 18.7. The van der Waals surface area contributed by atoms with E-state index in [2.05, 4.69) is 77.2 Å². The molecular weight excluding hydrogens is 342 g/mol. The summed E-state index contributed by atoms with van der Waals surface area (Å²) in [5.74, 6) is 0.992. The number of hydrogen-bond donors (Lipinski definition) is 0. The van der Waals surface area contributed by atoms with Gasteiger partial charge in [0.05, 0.1) is 23.7 Å². The van der Waals surface area contributed by atoms with Crippen molar-refractivity contribution in [1.29, 1.82) is 0 Å². The van der Waals surface area contributed by atoms with E-state index in [9.17, 15) is 0 Å². The molecule has 1 aliphatic carbocycles. The van der Waals surface area contributed by atoms with Crippen LogP contribution in [-0.2, 0) is 6.42 Å². The SMILES string of the molecule is COc1cccc2c1/C(=c1/c3ccccc3n3c1cc1ccccc13)CCC2. The molecule has 2 heterocycles. The molecule has 0 bridgehead atoms. The third-order valence-electron chi connectivity index (χ3n) is 6.19. The van der Waals surface area contributed by atoms with Gasteiger partial charge in [0.1, 0.15) is 5.75 Å². The van der Waals surface area contributed by atoms with Gasteiger partial charge in [-0.1, -0.05) is 48.5 Å². The topological polar surface area (TPSA) is 13.6 Å². The van der Waals surface area contributed by atoms with Gasteiger partial charge in [0.25, 0.3) is 0 Å². The first-order chi connectivity index (χ1) is 13.9. The molecule has 0 saturated carbocycles. The van der Waals surface area contributed by atoms with E-state index >= 15 is 0 Å². The average Bonchev–Trinajstić information content (AvgIpc) is 3.27. The number of fused-ring (bicyclic) bond motifs is 6. The zero-order valence-electron chi connectivity index (χ0n) is 15.9. The summed E-state index contributed by atoms with van der Waals surface area (Å²) in [7, 11) is 1.78. The summed E-state index contributed by atoms with van der Waals surface area (Å²) < 4.78 is 8.22. The maximum atomic E-state index is 5.80. The molecule has 0 N–H and O–H groups in total. The summed E-state index contributed by atoms with van der Waals surface area (Å²) in [4.78, 5) is 0. The molecule has 0 unspecified atom stereocenters. The van der Waals surface area contributed by atoms with Crippen LogP contribution in [0.3, 0.4) is 0 Å². The number of benzene rings is 3. The van der Waals surface area contributed by atoms with Crippen LogP contribution < -0.4 is 9.96 Å². The summed E-state index contributed by atoms with van der Waals surface area (Å²) in [6, 6.07) is 26.3. The fourth-order valence-corrected chi connectivity index (χ4v) is 5.06. The van der Waals surface area contributed by atoms with E-state index in [1.165, 1.54) is 55.7 Å². The van der Waals surface area contributed by atoms with E-state index in [0.29, 0.717) is 0 Å². The molecule has 0 spiro atoms. The minimum atomic E-state index is 0.992. The molecule has 136 valence electrons. The molecule has 2 aromatic heterocycles. The smallest absolute Gasteiger partial charge is 0.126 e. The zero-order valence-corrected chi connectivity index (χ0v) is 15.9. The Morgan fingerprint density at radius 1 is 0.786 bits per heavy atom. The Labute approximate surface area is 163 Å². The van der Waals surface area contributed by atoms with Crippen LogP contribution in [0, 0.1) is 0 Å². The minimum Gasteiger partial charge on any atom is -0.496 e. The number of aryl methyl sites for hydroxylation is 1. The molecule has 0 aliphatic heterocycles. The van der Waals surface area contributed by atoms with Crippen LogP contribution in [-0.4, -0.2) is 11.5 Å². The fraction of sp³-hybridized carbons (Fsp3) is 0.154. The van der Waals surface area contributed by atoms with Crippen LogP contribution >= 0.6 is 0 Å². The number of aromatic nitrogens is 1. The molecule has 2 nitrogen and oxygen atoms in total. The largest absolute Gasteiger partial charge is 0.496 e. The van der Waals surface area contributed by atoms with Gasteiger partial charge in [-0.2, -0.15) is 0 Å². The van der Waals surface area contributed by atoms with Gasteiger partial charge in [-0.25, -0.2) is 0 Å². The lowest BCUT2D eigenvalue weighted by Crippen LogP contribution is -2.13. The normalized spacial score (nSPS) is 16.0. The number of methoxy groups -OCH3 is 1. The standard InChI is InChI=1S/C26H21NO/c1-28-24-15-7-10-17-9-6-12-20(25(17)24)26-19-11-3-5-14-22(19)27-21-13-4-2-8-18(21)16-23(26)27/h2-5,7-8,10-11,13-16H,6,9,12H2,1H3/b26-20-. The molecule has 0 atom stereocenters. The molecule has 1 aliphatic rings. The van der Waals surface area contributed by atoms with Gasteiger partial charge >= 0.3 is 0 Å². The lowest BCUT2D eigenvalue weighted by atomic mass is 9.85. The van der Waals surface area contributed by atoms with Crippen LogP contribution in [0.15, 0.2) is 72.8 Å². The molecule has 0 saturated heterocycles. The van der Waals surface area contributed by atoms with E-state index < -0.39 is 0 Å². The first-order valence-electron chi connectivity index (χ1n) is 9.97. The number of para-hydroxylation sites is 2. The minimum absolute atomic E-state index is 0.992. The summed E-state index contributed by atoms with van der Waals surface area (Å²) in [6.07, 6.45) is 3.38. The van der Waals surface area contributed by atoms with Crippen molar-refractivity contribution in [1.82, 2.24) is 4.40 Å². The summed E-state index contributed by atoms with van der Waals surface area (Å²) in [6.45, 7) is 0. The van der Waals surface area contributed by atoms with Crippen molar-refractivity contribution >= 4 is 32.9 Å². The lowest BCUT2D eigenvalue weighted by molar-refractivity contribution is 0.412. The van der Waals surface area contributed by atoms with Crippen molar-refractivity contribution in [3.05, 3.63) is 89.1 Å². The maximum absolute atomic E-state index is 5.80. The van der Waals surface area contributed by atoms with E-state index in [1.807, 2.05) is 0 Å². The van der Waals surface area contributed by atoms with Gasteiger partial charge in [-0.05, 0) is 54.7 Å². The Morgan fingerprint density at radius 2 is 1.61 bits per heavy atom. The first kappa shape index (κ1) is 15.8. The number of rotatable bonds is 1. The fourth-order valence-electron chi connectivity index (χ4n) is 5.06. The summed E-state index contributed by atoms with van der Waals surface area (Å²) in [5, 5.41) is 4.00. The number of nitrogens with zero attached hydrogens (tertiary/aromatic N) is 1. The Kier molecular flexibility index (Phi) is 3.30. The van der Waals surface area contributed by atoms with Gasteiger partial charge < -0.3 is 9.14 Å². The second kappa shape index (κ2) is 5.87. The van der Waals surface area contributed by atoms with E-state index in [1.54, 1.807) is 7.11 Å². The third kappa shape index (κ3) is 2.03. The highest BCUT2D eigenvalue weighted by Gasteiger charge is 2.22. The maximum Gasteiger partial charge on any atom is 0.126 e. The van der Waals surface area contributed by atoms with Gasteiger partial charge in [0, 0.05) is 21.6 Å². The second-order valence-corrected chi connectivity index (χ2v) is 7.64. The molecule has 2 heteroatoms. The monoisotopic (exact) mass is 363 g/mol. The van der Waals surface area contributed by atoms with Crippen molar-refractivity contribution in [2.45, 2.75) is 19.3 Å². The van der Waals surface area contributed by atoms with E-state index in [0.717, 1.165) is 18.6 Å². The van der Waals surface area contributed by atoms with Crippen LogP contribution in [0.5, 0.6) is 5.75 Å². The van der Waals surface area contributed by atoms with Crippen LogP contribution in [0.4, 0.5) is 0 Å². The predicted octanol–water partition coefficient (Wildman–Crippen LogP) is 5.51. The van der Waals surface area contributed by atoms with Crippen molar-refractivity contribution in [3.63, 3.8) is 0 Å². The van der Waals surface area contributed by atoms with Gasteiger partial charge in [-0.15, -0.1) is 0 Å². The molecule has 0 radical (unpaired) electrons. The second-order valence-electron chi connectivity index (χ2n) is 7.64. The molecule has 0 fully saturated rings. The van der Waals surface area contributed by atoms with E-state index in [-0.39, 0.29) is 0 Å². The lowest BCUT2D eigenvalue weighted by Gasteiger charge is -2.21. The molecule has 3 aromatic carbocycles. The van der Waals surface area contributed by atoms with Crippen molar-refractivity contribution in [3.8, 4) is 5.75 Å². The quantitative estimate of drug-likeness (QED) is 0.383. The molecule has 0 amide bonds. The molecular formula is C26H21NO. The number of ether oxygens (including phenoxy) is 1. The molecule has 6 rings (SSSR count). The highest BCUT2D eigenvalue weighted by atomic mass is 16.5. The Morgan fingerprint density at radius 3 is 2.50 bits per heavy atom.